The van der Waals surface area contributed by atoms with Crippen LogP contribution in [-0.2, 0) is 11.4 Å². The Balaban J connectivity index is 1.46. The summed E-state index contributed by atoms with van der Waals surface area (Å²) in [4.78, 5) is 11.9. The molecule has 1 aliphatic heterocycles. The summed E-state index contributed by atoms with van der Waals surface area (Å²) in [5.41, 5.74) is 1.78. The van der Waals surface area contributed by atoms with Crippen LogP contribution in [0.1, 0.15) is 52.9 Å². The van der Waals surface area contributed by atoms with Crippen LogP contribution in [0.15, 0.2) is 24.4 Å². The molecule has 1 spiro atoms. The van der Waals surface area contributed by atoms with E-state index in [-0.39, 0.29) is 10.2 Å². The summed E-state index contributed by atoms with van der Waals surface area (Å²) in [5.74, 6) is 0.895. The van der Waals surface area contributed by atoms with Crippen molar-refractivity contribution < 1.29 is 4.55 Å². The number of hydrogen-bond donors (Lipinski definition) is 1. The first-order chi connectivity index (χ1) is 15.1. The van der Waals surface area contributed by atoms with Gasteiger partial charge in [-0.1, -0.05) is 41.8 Å². The highest BCUT2D eigenvalue weighted by atomic mass is 127. The van der Waals surface area contributed by atoms with E-state index in [0.717, 1.165) is 53.1 Å². The van der Waals surface area contributed by atoms with Gasteiger partial charge in [0.05, 0.1) is 22.3 Å². The second kappa shape index (κ2) is 9.74. The van der Waals surface area contributed by atoms with Crippen molar-refractivity contribution in [2.45, 2.75) is 63.7 Å². The van der Waals surface area contributed by atoms with Crippen molar-refractivity contribution >= 4 is 63.0 Å². The minimum absolute atomic E-state index is 0.228. The fraction of sp³-hybridized carbons (Fsp3) is 0.565. The van der Waals surface area contributed by atoms with Gasteiger partial charge in [-0.15, -0.1) is 4.72 Å². The quantitative estimate of drug-likeness (QED) is 0.329. The number of anilines is 1. The summed E-state index contributed by atoms with van der Waals surface area (Å²) in [5, 5.41) is 1.01. The van der Waals surface area contributed by atoms with Crippen molar-refractivity contribution in [2.24, 2.45) is 5.41 Å². The number of piperidine rings is 1. The summed E-state index contributed by atoms with van der Waals surface area (Å²) >= 11 is 13.8. The van der Waals surface area contributed by atoms with Crippen LogP contribution in [-0.4, -0.2) is 38.4 Å². The van der Waals surface area contributed by atoms with E-state index in [9.17, 15) is 4.55 Å². The molecule has 2 aromatic rings. The Kier molecular flexibility index (Phi) is 7.55. The van der Waals surface area contributed by atoms with Gasteiger partial charge in [0.25, 0.3) is 0 Å². The Morgan fingerprint density at radius 1 is 1.22 bits per heavy atom. The second-order valence-electron chi connectivity index (χ2n) is 9.76. The summed E-state index contributed by atoms with van der Waals surface area (Å²) in [6, 6.07) is 5.88. The van der Waals surface area contributed by atoms with E-state index in [4.69, 9.17) is 28.2 Å². The maximum absolute atomic E-state index is 12.7. The second-order valence-corrected chi connectivity index (χ2v) is 13.6. The first-order valence-electron chi connectivity index (χ1n) is 11.0. The number of aromatic nitrogens is 2. The molecular formula is C23H29Cl2IN4OS. The molecule has 1 aliphatic carbocycles. The van der Waals surface area contributed by atoms with Gasteiger partial charge in [-0.05, 0) is 80.5 Å². The molecule has 0 amide bonds. The number of nitrogens with zero attached hydrogens (tertiary/aromatic N) is 3. The van der Waals surface area contributed by atoms with Crippen LogP contribution >= 0.6 is 45.8 Å². The fourth-order valence-electron chi connectivity index (χ4n) is 4.79. The van der Waals surface area contributed by atoms with Gasteiger partial charge in [0.2, 0.25) is 0 Å². The Morgan fingerprint density at radius 2 is 1.94 bits per heavy atom. The molecule has 1 unspecified atom stereocenters. The average molecular weight is 607 g/mol. The van der Waals surface area contributed by atoms with Crippen molar-refractivity contribution in [3.05, 3.63) is 38.1 Å². The van der Waals surface area contributed by atoms with Gasteiger partial charge in [-0.2, -0.15) is 0 Å². The van der Waals surface area contributed by atoms with E-state index in [1.54, 1.807) is 6.07 Å². The number of hydrogen-bond acceptors (Lipinski definition) is 5. The monoisotopic (exact) mass is 606 g/mol. The molecule has 1 aromatic heterocycles. The lowest BCUT2D eigenvalue weighted by Gasteiger charge is -2.44. The van der Waals surface area contributed by atoms with Gasteiger partial charge in [0.15, 0.2) is 0 Å². The normalized spacial score (nSPS) is 21.8. The highest BCUT2D eigenvalue weighted by Gasteiger charge is 2.47. The molecule has 0 radical (unpaired) electrons. The standard InChI is InChI=1S/C23H29Cl2IN4OS/c1-22(2,3)32(31)29-17-8-5-9-23(17)10-12-30(13-11-23)18-14-27-20(21(26)28-18)15-6-4-7-16(24)19(15)25/h4,6-7,14,17,29H,5,8-13H2,1-3H3/t17-,32?/m1/s1. The molecule has 5 nitrogen and oxygen atoms in total. The predicted molar refractivity (Wildman–Crippen MR) is 143 cm³/mol. The number of benzene rings is 1. The molecule has 0 bridgehead atoms. The van der Waals surface area contributed by atoms with E-state index in [0.29, 0.717) is 16.1 Å². The molecule has 2 fully saturated rings. The fourth-order valence-corrected chi connectivity index (χ4v) is 6.83. The third-order valence-electron chi connectivity index (χ3n) is 6.72. The smallest absolute Gasteiger partial charge is 0.148 e. The van der Waals surface area contributed by atoms with E-state index in [2.05, 4.69) is 37.2 Å². The van der Waals surface area contributed by atoms with Gasteiger partial charge in [0, 0.05) is 30.0 Å². The van der Waals surface area contributed by atoms with Crippen LogP contribution in [0.5, 0.6) is 0 Å². The largest absolute Gasteiger partial charge is 0.598 e. The zero-order valence-electron chi connectivity index (χ0n) is 18.6. The summed E-state index contributed by atoms with van der Waals surface area (Å²) in [7, 11) is 0. The molecule has 2 atom stereocenters. The van der Waals surface area contributed by atoms with Crippen LogP contribution in [0.25, 0.3) is 11.3 Å². The van der Waals surface area contributed by atoms with E-state index in [1.807, 2.05) is 39.1 Å². The Hall–Kier alpha value is -0.320. The van der Waals surface area contributed by atoms with Gasteiger partial charge in [-0.3, -0.25) is 0 Å². The van der Waals surface area contributed by atoms with E-state index >= 15 is 0 Å². The summed E-state index contributed by atoms with van der Waals surface area (Å²) in [6.45, 7) is 7.95. The van der Waals surface area contributed by atoms with E-state index in [1.165, 1.54) is 12.8 Å². The van der Waals surface area contributed by atoms with Crippen molar-refractivity contribution in [1.82, 2.24) is 14.7 Å². The van der Waals surface area contributed by atoms with Crippen LogP contribution in [0.2, 0.25) is 10.0 Å². The minimum atomic E-state index is -1.03. The van der Waals surface area contributed by atoms with Crippen molar-refractivity contribution in [2.75, 3.05) is 18.0 Å². The lowest BCUT2D eigenvalue weighted by molar-refractivity contribution is 0.186. The summed E-state index contributed by atoms with van der Waals surface area (Å²) < 4.78 is 16.8. The van der Waals surface area contributed by atoms with Gasteiger partial charge in [-0.25, -0.2) is 9.97 Å². The molecular weight excluding hydrogens is 578 g/mol. The van der Waals surface area contributed by atoms with Crippen LogP contribution in [0.3, 0.4) is 0 Å². The van der Waals surface area contributed by atoms with Gasteiger partial charge >= 0.3 is 0 Å². The highest BCUT2D eigenvalue weighted by molar-refractivity contribution is 14.1. The van der Waals surface area contributed by atoms with Crippen LogP contribution in [0.4, 0.5) is 5.82 Å². The van der Waals surface area contributed by atoms with Crippen LogP contribution < -0.4 is 9.62 Å². The van der Waals surface area contributed by atoms with E-state index < -0.39 is 11.4 Å². The van der Waals surface area contributed by atoms with Crippen molar-refractivity contribution in [1.29, 1.82) is 0 Å². The molecule has 174 valence electrons. The first-order valence-corrected chi connectivity index (χ1v) is 14.0. The van der Waals surface area contributed by atoms with Crippen molar-refractivity contribution in [3.63, 3.8) is 0 Å². The third kappa shape index (κ3) is 5.03. The molecule has 2 aliphatic rings. The molecule has 9 heteroatoms. The number of rotatable bonds is 4. The molecule has 1 aromatic carbocycles. The van der Waals surface area contributed by atoms with Gasteiger partial charge < -0.3 is 9.45 Å². The number of halogens is 3. The number of nitrogens with one attached hydrogen (secondary N) is 1. The first kappa shape index (κ1) is 24.8. The molecule has 32 heavy (non-hydrogen) atoms. The maximum Gasteiger partial charge on any atom is 0.148 e. The zero-order chi connectivity index (χ0) is 23.1. The van der Waals surface area contributed by atoms with Crippen LogP contribution in [0, 0.1) is 9.12 Å². The average Bonchev–Trinajstić information content (AvgIpc) is 3.12. The zero-order valence-corrected chi connectivity index (χ0v) is 23.1. The van der Waals surface area contributed by atoms with Gasteiger partial charge in [0.1, 0.15) is 20.0 Å². The topological polar surface area (TPSA) is 64.1 Å². The minimum Gasteiger partial charge on any atom is -0.598 e. The molecule has 2 heterocycles. The molecule has 1 N–H and O–H groups in total. The molecule has 1 saturated carbocycles. The Morgan fingerprint density at radius 3 is 2.59 bits per heavy atom. The Labute approximate surface area is 217 Å². The molecule has 4 rings (SSSR count). The highest BCUT2D eigenvalue weighted by Crippen LogP contribution is 2.47. The maximum atomic E-state index is 12.7. The predicted octanol–water partition coefficient (Wildman–Crippen LogP) is 6.25. The lowest BCUT2D eigenvalue weighted by Crippen LogP contribution is -2.53. The van der Waals surface area contributed by atoms with Crippen molar-refractivity contribution in [3.8, 4) is 11.3 Å². The third-order valence-corrected chi connectivity index (χ3v) is 9.90. The lowest BCUT2D eigenvalue weighted by atomic mass is 9.74. The summed E-state index contributed by atoms with van der Waals surface area (Å²) in [6.07, 6.45) is 7.50. The Bertz CT molecular complexity index is 979. The SMILES string of the molecule is CC(C)(C)[S+]([O-])N[C@@H]1CCCC12CCN(c1cnc(-c3cccc(Cl)c3Cl)c(I)n1)CC2. The molecule has 1 saturated heterocycles.